The first kappa shape index (κ1) is 9.77. The van der Waals surface area contributed by atoms with Gasteiger partial charge in [-0.05, 0) is 19.1 Å². The van der Waals surface area contributed by atoms with E-state index in [4.69, 9.17) is 10.6 Å². The molecule has 0 aliphatic carbocycles. The van der Waals surface area contributed by atoms with Crippen molar-refractivity contribution in [3.63, 3.8) is 0 Å². The predicted octanol–water partition coefficient (Wildman–Crippen LogP) is 1.47. The van der Waals surface area contributed by atoms with Gasteiger partial charge < -0.3 is 4.74 Å². The fourth-order valence-electron chi connectivity index (χ4n) is 1.92. The molecular formula is C12H15N2O+. The fraction of sp³-hybridized carbons (Fsp3) is 0.250. The third-order valence-corrected chi connectivity index (χ3v) is 2.75. The maximum Gasteiger partial charge on any atom is 0.216 e. The van der Waals surface area contributed by atoms with Crippen LogP contribution in [0.4, 0.5) is 0 Å². The number of aryl methyl sites for hydroxylation is 2. The molecule has 2 rings (SSSR count). The Morgan fingerprint density at radius 1 is 1.27 bits per heavy atom. The Morgan fingerprint density at radius 3 is 2.67 bits per heavy atom. The minimum Gasteiger partial charge on any atom is -0.496 e. The number of pyridine rings is 1. The maximum absolute atomic E-state index is 5.85. The normalized spacial score (nSPS) is 10.6. The summed E-state index contributed by atoms with van der Waals surface area (Å²) in [5.74, 6) is 6.75. The van der Waals surface area contributed by atoms with Gasteiger partial charge in [-0.25, -0.2) is 5.84 Å². The molecule has 0 unspecified atom stereocenters. The number of aromatic nitrogens is 1. The Hall–Kier alpha value is -1.77. The van der Waals surface area contributed by atoms with E-state index in [1.165, 1.54) is 0 Å². The van der Waals surface area contributed by atoms with Crippen LogP contribution in [0.2, 0.25) is 0 Å². The molecule has 0 saturated carbocycles. The number of nitrogen functional groups attached to an aromatic ring is 1. The third kappa shape index (κ3) is 1.40. The Morgan fingerprint density at radius 2 is 2.00 bits per heavy atom. The zero-order valence-corrected chi connectivity index (χ0v) is 9.24. The van der Waals surface area contributed by atoms with E-state index in [-0.39, 0.29) is 0 Å². The summed E-state index contributed by atoms with van der Waals surface area (Å²) >= 11 is 0. The van der Waals surface area contributed by atoms with Crippen LogP contribution in [-0.2, 0) is 0 Å². The summed E-state index contributed by atoms with van der Waals surface area (Å²) in [7, 11) is 1.69. The summed E-state index contributed by atoms with van der Waals surface area (Å²) in [6.07, 6.45) is 1.92. The first-order valence-corrected chi connectivity index (χ1v) is 4.89. The number of benzene rings is 1. The van der Waals surface area contributed by atoms with Gasteiger partial charge in [-0.15, -0.1) is 0 Å². The van der Waals surface area contributed by atoms with Crippen LogP contribution < -0.4 is 15.3 Å². The minimum absolute atomic E-state index is 0.897. The van der Waals surface area contributed by atoms with Crippen molar-refractivity contribution in [3.8, 4) is 5.75 Å². The van der Waals surface area contributed by atoms with E-state index in [0.29, 0.717) is 0 Å². The van der Waals surface area contributed by atoms with E-state index in [2.05, 4.69) is 6.07 Å². The highest BCUT2D eigenvalue weighted by molar-refractivity contribution is 5.91. The lowest BCUT2D eigenvalue weighted by Crippen LogP contribution is -2.47. The van der Waals surface area contributed by atoms with Gasteiger partial charge in [0.2, 0.25) is 11.9 Å². The maximum atomic E-state index is 5.85. The van der Waals surface area contributed by atoms with Crippen molar-refractivity contribution >= 4 is 10.8 Å². The van der Waals surface area contributed by atoms with Crippen molar-refractivity contribution in [2.75, 3.05) is 13.0 Å². The van der Waals surface area contributed by atoms with Crippen LogP contribution in [0, 0.1) is 13.8 Å². The highest BCUT2D eigenvalue weighted by atomic mass is 16.5. The molecule has 0 aliphatic rings. The van der Waals surface area contributed by atoms with Crippen LogP contribution in [0.5, 0.6) is 5.75 Å². The van der Waals surface area contributed by atoms with E-state index in [9.17, 15) is 0 Å². The van der Waals surface area contributed by atoms with Gasteiger partial charge in [0.15, 0.2) is 0 Å². The second-order valence-electron chi connectivity index (χ2n) is 3.69. The molecule has 0 radical (unpaired) electrons. The van der Waals surface area contributed by atoms with E-state index >= 15 is 0 Å². The quantitative estimate of drug-likeness (QED) is 0.563. The van der Waals surface area contributed by atoms with Crippen molar-refractivity contribution in [2.24, 2.45) is 0 Å². The third-order valence-electron chi connectivity index (χ3n) is 2.75. The van der Waals surface area contributed by atoms with E-state index in [0.717, 1.165) is 27.8 Å². The molecule has 0 saturated heterocycles. The summed E-state index contributed by atoms with van der Waals surface area (Å²) in [6, 6.07) is 6.01. The first-order valence-electron chi connectivity index (χ1n) is 4.89. The number of methoxy groups -OCH3 is 1. The van der Waals surface area contributed by atoms with E-state index < -0.39 is 0 Å². The van der Waals surface area contributed by atoms with Crippen LogP contribution in [0.15, 0.2) is 24.4 Å². The van der Waals surface area contributed by atoms with Crippen molar-refractivity contribution in [2.45, 2.75) is 13.8 Å². The first-order chi connectivity index (χ1) is 7.15. The van der Waals surface area contributed by atoms with E-state index in [1.807, 2.05) is 32.2 Å². The zero-order chi connectivity index (χ0) is 11.0. The van der Waals surface area contributed by atoms with Gasteiger partial charge in [0.25, 0.3) is 0 Å². The van der Waals surface area contributed by atoms with E-state index in [1.54, 1.807) is 11.8 Å². The molecule has 0 aliphatic heterocycles. The van der Waals surface area contributed by atoms with Gasteiger partial charge in [0.05, 0.1) is 12.5 Å². The molecule has 0 amide bonds. The van der Waals surface area contributed by atoms with Gasteiger partial charge in [-0.3, -0.25) is 0 Å². The van der Waals surface area contributed by atoms with Gasteiger partial charge in [0, 0.05) is 17.9 Å². The average Bonchev–Trinajstić information content (AvgIpc) is 2.25. The molecule has 0 fully saturated rings. The molecule has 2 aromatic rings. The Bertz CT molecular complexity index is 521. The number of rotatable bonds is 1. The highest BCUT2D eigenvalue weighted by Gasteiger charge is 2.14. The highest BCUT2D eigenvalue weighted by Crippen LogP contribution is 2.28. The lowest BCUT2D eigenvalue weighted by molar-refractivity contribution is -0.644. The number of hydrogen-bond acceptors (Lipinski definition) is 2. The fourth-order valence-corrected chi connectivity index (χ4v) is 1.92. The molecule has 2 N–H and O–H groups in total. The molecule has 3 nitrogen and oxygen atoms in total. The molecular weight excluding hydrogens is 188 g/mol. The lowest BCUT2D eigenvalue weighted by Gasteiger charge is -2.07. The van der Waals surface area contributed by atoms with Crippen molar-refractivity contribution in [3.05, 3.63) is 35.7 Å². The second-order valence-corrected chi connectivity index (χ2v) is 3.69. The van der Waals surface area contributed by atoms with Gasteiger partial charge in [-0.2, -0.15) is 0 Å². The Labute approximate surface area is 89.1 Å². The van der Waals surface area contributed by atoms with Gasteiger partial charge >= 0.3 is 0 Å². The molecule has 15 heavy (non-hydrogen) atoms. The Kier molecular flexibility index (Phi) is 2.23. The van der Waals surface area contributed by atoms with Crippen LogP contribution in [-0.4, -0.2) is 7.11 Å². The smallest absolute Gasteiger partial charge is 0.216 e. The van der Waals surface area contributed by atoms with Crippen LogP contribution in [0.3, 0.4) is 0 Å². The van der Waals surface area contributed by atoms with Crippen LogP contribution in [0.25, 0.3) is 10.8 Å². The van der Waals surface area contributed by atoms with Gasteiger partial charge in [-0.1, -0.05) is 10.7 Å². The molecule has 3 heteroatoms. The number of nitrogens with two attached hydrogens (primary N) is 1. The largest absolute Gasteiger partial charge is 0.496 e. The zero-order valence-electron chi connectivity index (χ0n) is 9.24. The summed E-state index contributed by atoms with van der Waals surface area (Å²) in [5.41, 5.74) is 2.16. The molecule has 1 heterocycles. The summed E-state index contributed by atoms with van der Waals surface area (Å²) in [4.78, 5) is 0. The molecule has 0 bridgehead atoms. The lowest BCUT2D eigenvalue weighted by atomic mass is 10.1. The van der Waals surface area contributed by atoms with Crippen molar-refractivity contribution in [1.29, 1.82) is 0 Å². The Balaban J connectivity index is 2.95. The van der Waals surface area contributed by atoms with Crippen molar-refractivity contribution < 1.29 is 9.41 Å². The minimum atomic E-state index is 0.897. The number of ether oxygens (including phenoxy) is 1. The number of fused-ring (bicyclic) bond motifs is 1. The number of nitrogens with zero attached hydrogens (tertiary/aromatic N) is 1. The number of hydrogen-bond donors (Lipinski definition) is 1. The van der Waals surface area contributed by atoms with Crippen molar-refractivity contribution in [1.82, 2.24) is 0 Å². The molecule has 0 spiro atoms. The summed E-state index contributed by atoms with van der Waals surface area (Å²) in [6.45, 7) is 4.04. The standard InChI is InChI=1S/C12H15N2O/c1-8-7-14(13)9(2)10-5-4-6-11(15-3)12(8)10/h4-7H,13H2,1-3H3/q+1. The summed E-state index contributed by atoms with van der Waals surface area (Å²) in [5, 5.41) is 2.27. The molecule has 1 aromatic carbocycles. The average molecular weight is 203 g/mol. The topological polar surface area (TPSA) is 39.1 Å². The predicted molar refractivity (Wildman–Crippen MR) is 60.3 cm³/mol. The second kappa shape index (κ2) is 3.42. The SMILES string of the molecule is COc1cccc2c(C)[n+](N)cc(C)c12. The van der Waals surface area contributed by atoms with Gasteiger partial charge in [0.1, 0.15) is 5.75 Å². The molecule has 0 atom stereocenters. The monoisotopic (exact) mass is 203 g/mol. The summed E-state index contributed by atoms with van der Waals surface area (Å²) < 4.78 is 7.00. The van der Waals surface area contributed by atoms with Crippen LogP contribution in [0.1, 0.15) is 11.3 Å². The molecule has 1 aromatic heterocycles. The molecule has 78 valence electrons. The van der Waals surface area contributed by atoms with Crippen LogP contribution >= 0.6 is 0 Å².